The Morgan fingerprint density at radius 2 is 1.68 bits per heavy atom. The lowest BCUT2D eigenvalue weighted by Gasteiger charge is -2.33. The predicted molar refractivity (Wildman–Crippen MR) is 85.4 cm³/mol. The number of benzene rings is 1. The van der Waals surface area contributed by atoms with E-state index in [0.717, 1.165) is 23.1 Å². The van der Waals surface area contributed by atoms with E-state index < -0.39 is 15.8 Å². The van der Waals surface area contributed by atoms with Crippen molar-refractivity contribution in [2.75, 3.05) is 19.8 Å². The Morgan fingerprint density at radius 1 is 1.14 bits per heavy atom. The van der Waals surface area contributed by atoms with E-state index in [-0.39, 0.29) is 6.54 Å². The number of ether oxygens (including phenoxy) is 2. The summed E-state index contributed by atoms with van der Waals surface area (Å²) in [7, 11) is -3.53. The molecule has 0 bridgehead atoms. The van der Waals surface area contributed by atoms with Crippen molar-refractivity contribution >= 4 is 10.0 Å². The lowest BCUT2D eigenvalue weighted by Crippen LogP contribution is -2.41. The van der Waals surface area contributed by atoms with Gasteiger partial charge in [-0.05, 0) is 45.2 Å². The van der Waals surface area contributed by atoms with Crippen LogP contribution in [0.4, 0.5) is 0 Å². The minimum atomic E-state index is -3.53. The molecule has 0 amide bonds. The van der Waals surface area contributed by atoms with Crippen LogP contribution in [0.2, 0.25) is 0 Å². The second-order valence-corrected chi connectivity index (χ2v) is 7.76. The first-order valence-corrected chi connectivity index (χ1v) is 9.07. The molecule has 1 aromatic rings. The van der Waals surface area contributed by atoms with E-state index in [1.807, 2.05) is 39.8 Å². The number of hydrogen-bond donors (Lipinski definition) is 1. The minimum Gasteiger partial charge on any atom is -0.350 e. The summed E-state index contributed by atoms with van der Waals surface area (Å²) >= 11 is 0. The normalized spacial score (nSPS) is 18.4. The molecule has 124 valence electrons. The standard InChI is InChI=1S/C16H25NO4S/c1-12-10-13(2)15(14(3)11-12)22(18,19)17-7-6-16(4)20-8-5-9-21-16/h10-11,17H,5-9H2,1-4H3. The number of aryl methyl sites for hydroxylation is 3. The number of rotatable bonds is 5. The van der Waals surface area contributed by atoms with Gasteiger partial charge in [-0.2, -0.15) is 0 Å². The van der Waals surface area contributed by atoms with Crippen molar-refractivity contribution in [2.24, 2.45) is 0 Å². The van der Waals surface area contributed by atoms with Gasteiger partial charge in [-0.1, -0.05) is 17.7 Å². The van der Waals surface area contributed by atoms with Crippen LogP contribution in [-0.4, -0.2) is 34.0 Å². The molecule has 6 heteroatoms. The van der Waals surface area contributed by atoms with Crippen LogP contribution >= 0.6 is 0 Å². The summed E-state index contributed by atoms with van der Waals surface area (Å²) in [6.45, 7) is 9.04. The van der Waals surface area contributed by atoms with Gasteiger partial charge in [0.2, 0.25) is 10.0 Å². The molecule has 1 aromatic carbocycles. The third-order valence-corrected chi connectivity index (χ3v) is 5.61. The highest BCUT2D eigenvalue weighted by molar-refractivity contribution is 7.89. The molecule has 1 aliphatic heterocycles. The summed E-state index contributed by atoms with van der Waals surface area (Å²) in [4.78, 5) is 0.369. The Bertz CT molecular complexity index is 611. The number of hydrogen-bond acceptors (Lipinski definition) is 4. The van der Waals surface area contributed by atoms with Gasteiger partial charge in [0.15, 0.2) is 5.79 Å². The highest BCUT2D eigenvalue weighted by Crippen LogP contribution is 2.24. The van der Waals surface area contributed by atoms with Gasteiger partial charge in [0.1, 0.15) is 0 Å². The molecule has 5 nitrogen and oxygen atoms in total. The second-order valence-electron chi connectivity index (χ2n) is 6.06. The molecule has 0 aliphatic carbocycles. The van der Waals surface area contributed by atoms with Gasteiger partial charge in [0.25, 0.3) is 0 Å². The molecule has 0 radical (unpaired) electrons. The van der Waals surface area contributed by atoms with Crippen LogP contribution in [0.3, 0.4) is 0 Å². The highest BCUT2D eigenvalue weighted by Gasteiger charge is 2.29. The summed E-state index contributed by atoms with van der Waals surface area (Å²) in [6.07, 6.45) is 1.36. The molecule has 0 atom stereocenters. The molecular weight excluding hydrogens is 302 g/mol. The Kier molecular flexibility index (Phi) is 5.27. The lowest BCUT2D eigenvalue weighted by atomic mass is 10.1. The van der Waals surface area contributed by atoms with E-state index in [0.29, 0.717) is 24.5 Å². The zero-order chi connectivity index (χ0) is 16.4. The van der Waals surface area contributed by atoms with Crippen molar-refractivity contribution in [3.8, 4) is 0 Å². The van der Waals surface area contributed by atoms with Crippen LogP contribution in [0.1, 0.15) is 36.5 Å². The van der Waals surface area contributed by atoms with Crippen LogP contribution in [0.5, 0.6) is 0 Å². The molecular formula is C16H25NO4S. The van der Waals surface area contributed by atoms with Crippen molar-refractivity contribution in [1.82, 2.24) is 4.72 Å². The molecule has 0 aromatic heterocycles. The molecule has 0 saturated carbocycles. The molecule has 1 saturated heterocycles. The minimum absolute atomic E-state index is 0.283. The summed E-state index contributed by atoms with van der Waals surface area (Å²) in [5, 5.41) is 0. The van der Waals surface area contributed by atoms with Crippen LogP contribution in [-0.2, 0) is 19.5 Å². The topological polar surface area (TPSA) is 64.6 Å². The maximum atomic E-state index is 12.5. The van der Waals surface area contributed by atoms with Crippen molar-refractivity contribution in [1.29, 1.82) is 0 Å². The Hall–Kier alpha value is -0.950. The third kappa shape index (κ3) is 4.07. The molecule has 22 heavy (non-hydrogen) atoms. The summed E-state index contributed by atoms with van der Waals surface area (Å²) < 4.78 is 38.9. The Morgan fingerprint density at radius 3 is 2.23 bits per heavy atom. The van der Waals surface area contributed by atoms with E-state index >= 15 is 0 Å². The average Bonchev–Trinajstić information content (AvgIpc) is 2.37. The van der Waals surface area contributed by atoms with Crippen LogP contribution in [0.25, 0.3) is 0 Å². The zero-order valence-electron chi connectivity index (χ0n) is 13.7. The van der Waals surface area contributed by atoms with Gasteiger partial charge in [0, 0.05) is 13.0 Å². The SMILES string of the molecule is Cc1cc(C)c(S(=O)(=O)NCCC2(C)OCCCO2)c(C)c1. The molecule has 1 aliphatic rings. The van der Waals surface area contributed by atoms with Gasteiger partial charge in [-0.25, -0.2) is 13.1 Å². The van der Waals surface area contributed by atoms with Crippen LogP contribution < -0.4 is 4.72 Å². The van der Waals surface area contributed by atoms with Crippen molar-refractivity contribution < 1.29 is 17.9 Å². The fourth-order valence-electron chi connectivity index (χ4n) is 2.90. The lowest BCUT2D eigenvalue weighted by molar-refractivity contribution is -0.257. The molecule has 1 N–H and O–H groups in total. The first kappa shape index (κ1) is 17.4. The first-order valence-electron chi connectivity index (χ1n) is 7.59. The quantitative estimate of drug-likeness (QED) is 0.902. The van der Waals surface area contributed by atoms with Crippen molar-refractivity contribution in [3.05, 3.63) is 28.8 Å². The largest absolute Gasteiger partial charge is 0.350 e. The maximum Gasteiger partial charge on any atom is 0.241 e. The van der Waals surface area contributed by atoms with Crippen LogP contribution in [0, 0.1) is 20.8 Å². The fraction of sp³-hybridized carbons (Fsp3) is 0.625. The van der Waals surface area contributed by atoms with Crippen LogP contribution in [0.15, 0.2) is 17.0 Å². The maximum absolute atomic E-state index is 12.5. The smallest absolute Gasteiger partial charge is 0.241 e. The molecule has 1 fully saturated rings. The van der Waals surface area contributed by atoms with Gasteiger partial charge >= 0.3 is 0 Å². The van der Waals surface area contributed by atoms with Gasteiger partial charge in [-0.15, -0.1) is 0 Å². The first-order chi connectivity index (χ1) is 10.2. The summed E-state index contributed by atoms with van der Waals surface area (Å²) in [5.41, 5.74) is 2.59. The molecule has 2 rings (SSSR count). The highest BCUT2D eigenvalue weighted by atomic mass is 32.2. The van der Waals surface area contributed by atoms with E-state index in [1.165, 1.54) is 0 Å². The van der Waals surface area contributed by atoms with Gasteiger partial charge < -0.3 is 9.47 Å². The molecule has 0 spiro atoms. The van der Waals surface area contributed by atoms with Gasteiger partial charge in [0.05, 0.1) is 18.1 Å². The Labute approximate surface area is 133 Å². The molecule has 0 unspecified atom stereocenters. The van der Waals surface area contributed by atoms with Crippen molar-refractivity contribution in [3.63, 3.8) is 0 Å². The number of nitrogens with one attached hydrogen (secondary N) is 1. The summed E-state index contributed by atoms with van der Waals surface area (Å²) in [6, 6.07) is 3.77. The third-order valence-electron chi connectivity index (χ3n) is 3.85. The van der Waals surface area contributed by atoms with E-state index in [2.05, 4.69) is 4.72 Å². The van der Waals surface area contributed by atoms with Crippen molar-refractivity contribution in [2.45, 2.75) is 51.2 Å². The Balaban J connectivity index is 2.06. The number of sulfonamides is 1. The van der Waals surface area contributed by atoms with E-state index in [4.69, 9.17) is 9.47 Å². The second kappa shape index (κ2) is 6.66. The zero-order valence-corrected chi connectivity index (χ0v) is 14.5. The summed E-state index contributed by atoms with van der Waals surface area (Å²) in [5.74, 6) is -0.696. The monoisotopic (exact) mass is 327 g/mol. The average molecular weight is 327 g/mol. The van der Waals surface area contributed by atoms with Gasteiger partial charge in [-0.3, -0.25) is 0 Å². The fourth-order valence-corrected chi connectivity index (χ4v) is 4.38. The predicted octanol–water partition coefficient (Wildman–Crippen LogP) is 2.43. The molecule has 1 heterocycles. The van der Waals surface area contributed by atoms with E-state index in [9.17, 15) is 8.42 Å². The van der Waals surface area contributed by atoms with E-state index in [1.54, 1.807) is 0 Å².